The second-order valence-corrected chi connectivity index (χ2v) is 2.32. The molecule has 1 unspecified atom stereocenters. The third-order valence-corrected chi connectivity index (χ3v) is 1.41. The van der Waals surface area contributed by atoms with Crippen LogP contribution in [0.1, 0.15) is 0 Å². The van der Waals surface area contributed by atoms with Crippen molar-refractivity contribution in [2.24, 2.45) is 0 Å². The first-order valence-electron chi connectivity index (χ1n) is 3.50. The molecule has 1 aromatic carbocycles. The molecule has 0 radical (unpaired) electrons. The van der Waals surface area contributed by atoms with E-state index < -0.39 is 17.4 Å². The first-order valence-corrected chi connectivity index (χ1v) is 3.50. The first kappa shape index (κ1) is 9.44. The molecule has 3 nitrogen and oxygen atoms in total. The lowest BCUT2D eigenvalue weighted by atomic mass is 10.3. The molecule has 0 aliphatic heterocycles. The van der Waals surface area contributed by atoms with Crippen molar-refractivity contribution in [3.63, 3.8) is 0 Å². The van der Waals surface area contributed by atoms with Gasteiger partial charge in [-0.05, 0) is 12.1 Å². The maximum atomic E-state index is 12.9. The Bertz CT molecular complexity index is 291. The fourth-order valence-electron chi connectivity index (χ4n) is 0.798. The van der Waals surface area contributed by atoms with Crippen molar-refractivity contribution in [1.82, 2.24) is 0 Å². The van der Waals surface area contributed by atoms with Crippen LogP contribution in [0.2, 0.25) is 0 Å². The molecule has 0 saturated carbocycles. The molecule has 1 aromatic rings. The molecule has 1 N–H and O–H groups in total. The molecule has 0 fully saturated rings. The van der Waals surface area contributed by atoms with Gasteiger partial charge < -0.3 is 5.11 Å². The monoisotopic (exact) mass is 187 g/mol. The zero-order valence-corrected chi connectivity index (χ0v) is 6.52. The van der Waals surface area contributed by atoms with E-state index in [1.165, 1.54) is 24.3 Å². The lowest BCUT2D eigenvalue weighted by Crippen LogP contribution is -2.31. The summed E-state index contributed by atoms with van der Waals surface area (Å²) in [6.07, 6.45) is -2.66. The zero-order chi connectivity index (χ0) is 9.84. The van der Waals surface area contributed by atoms with Gasteiger partial charge in [0.1, 0.15) is 0 Å². The lowest BCUT2D eigenvalue weighted by molar-refractivity contribution is -0.144. The Hall–Kier alpha value is -1.65. The molecule has 1 rings (SSSR count). The standard InChI is InChI=1S/C8H7F2NO2/c9-7(8(12)13)11(10)6-4-2-1-3-5-6/h1-5,7H,(H,12,13). The van der Waals surface area contributed by atoms with Crippen LogP contribution >= 0.6 is 0 Å². The summed E-state index contributed by atoms with van der Waals surface area (Å²) >= 11 is 0. The van der Waals surface area contributed by atoms with Gasteiger partial charge in [0.25, 0.3) is 6.30 Å². The Morgan fingerprint density at radius 3 is 2.38 bits per heavy atom. The van der Waals surface area contributed by atoms with E-state index in [0.717, 1.165) is 0 Å². The minimum absolute atomic E-state index is 0.127. The predicted octanol–water partition coefficient (Wildman–Crippen LogP) is 1.76. The predicted molar refractivity (Wildman–Crippen MR) is 42.6 cm³/mol. The van der Waals surface area contributed by atoms with Gasteiger partial charge in [-0.1, -0.05) is 22.7 Å². The summed E-state index contributed by atoms with van der Waals surface area (Å²) < 4.78 is 25.4. The zero-order valence-electron chi connectivity index (χ0n) is 6.52. The highest BCUT2D eigenvalue weighted by Gasteiger charge is 2.25. The number of anilines is 1. The van der Waals surface area contributed by atoms with E-state index in [1.807, 2.05) is 0 Å². The normalized spacial score (nSPS) is 12.2. The van der Waals surface area contributed by atoms with Crippen molar-refractivity contribution in [2.45, 2.75) is 6.30 Å². The van der Waals surface area contributed by atoms with Gasteiger partial charge >= 0.3 is 5.97 Å². The molecule has 0 aliphatic carbocycles. The molecule has 70 valence electrons. The van der Waals surface area contributed by atoms with E-state index in [2.05, 4.69) is 0 Å². The van der Waals surface area contributed by atoms with Crippen LogP contribution in [0.25, 0.3) is 0 Å². The molecule has 0 aliphatic rings. The average molecular weight is 187 g/mol. The van der Waals surface area contributed by atoms with Crippen molar-refractivity contribution in [3.8, 4) is 0 Å². The fraction of sp³-hybridized carbons (Fsp3) is 0.125. The summed E-state index contributed by atoms with van der Waals surface area (Å²) in [5, 5.41) is 7.71. The molecule has 0 spiro atoms. The van der Waals surface area contributed by atoms with Gasteiger partial charge in [0.15, 0.2) is 0 Å². The van der Waals surface area contributed by atoms with E-state index in [-0.39, 0.29) is 5.69 Å². The van der Waals surface area contributed by atoms with Crippen LogP contribution < -0.4 is 5.12 Å². The Labute approximate surface area is 73.1 Å². The molecule has 0 aromatic heterocycles. The van der Waals surface area contributed by atoms with Gasteiger partial charge in [-0.15, -0.1) is 0 Å². The molecule has 0 amide bonds. The van der Waals surface area contributed by atoms with Gasteiger partial charge in [0.05, 0.1) is 5.69 Å². The number of rotatable bonds is 3. The van der Waals surface area contributed by atoms with Gasteiger partial charge in [-0.3, -0.25) is 0 Å². The maximum absolute atomic E-state index is 12.9. The minimum Gasteiger partial charge on any atom is -0.478 e. The topological polar surface area (TPSA) is 40.5 Å². The summed E-state index contributed by atoms with van der Waals surface area (Å²) in [4.78, 5) is 10.1. The van der Waals surface area contributed by atoms with Gasteiger partial charge in [0, 0.05) is 0 Å². The fourth-order valence-corrected chi connectivity index (χ4v) is 0.798. The number of benzene rings is 1. The van der Waals surface area contributed by atoms with E-state index in [9.17, 15) is 13.7 Å². The second-order valence-electron chi connectivity index (χ2n) is 2.32. The SMILES string of the molecule is O=C(O)C(F)N(F)c1ccccc1. The third-order valence-electron chi connectivity index (χ3n) is 1.41. The summed E-state index contributed by atoms with van der Waals surface area (Å²) in [5.41, 5.74) is -0.127. The molecule has 1 atom stereocenters. The number of halogens is 2. The van der Waals surface area contributed by atoms with E-state index >= 15 is 0 Å². The molecule has 0 heterocycles. The number of carbonyl (C=O) groups is 1. The molecule has 5 heteroatoms. The number of nitrogens with zero attached hydrogens (tertiary/aromatic N) is 1. The van der Waals surface area contributed by atoms with Crippen molar-refractivity contribution in [2.75, 3.05) is 5.12 Å². The smallest absolute Gasteiger partial charge is 0.362 e. The highest BCUT2D eigenvalue weighted by molar-refractivity contribution is 5.75. The second kappa shape index (κ2) is 3.84. The van der Waals surface area contributed by atoms with Crippen LogP contribution in [0.15, 0.2) is 30.3 Å². The van der Waals surface area contributed by atoms with Crippen LogP contribution in [-0.2, 0) is 4.79 Å². The molecule has 0 saturated heterocycles. The summed E-state index contributed by atoms with van der Waals surface area (Å²) in [6.45, 7) is 0. The van der Waals surface area contributed by atoms with E-state index in [1.54, 1.807) is 6.07 Å². The summed E-state index contributed by atoms with van der Waals surface area (Å²) in [7, 11) is 0. The Morgan fingerprint density at radius 2 is 1.92 bits per heavy atom. The molecule has 13 heavy (non-hydrogen) atoms. The van der Waals surface area contributed by atoms with Gasteiger partial charge in [0.2, 0.25) is 0 Å². The Balaban J connectivity index is 2.79. The van der Waals surface area contributed by atoms with E-state index in [0.29, 0.717) is 0 Å². The van der Waals surface area contributed by atoms with Crippen LogP contribution in [0.4, 0.5) is 14.6 Å². The lowest BCUT2D eigenvalue weighted by Gasteiger charge is -2.14. The Kier molecular flexibility index (Phi) is 2.79. The van der Waals surface area contributed by atoms with Crippen molar-refractivity contribution < 1.29 is 18.8 Å². The number of hydrogen-bond acceptors (Lipinski definition) is 2. The molecular weight excluding hydrogens is 180 g/mol. The number of carboxylic acid groups (broad SMARTS) is 1. The summed E-state index contributed by atoms with van der Waals surface area (Å²) in [6, 6.07) is 7.13. The minimum atomic E-state index is -2.66. The largest absolute Gasteiger partial charge is 0.478 e. The van der Waals surface area contributed by atoms with Crippen LogP contribution in [0, 0.1) is 0 Å². The highest BCUT2D eigenvalue weighted by atomic mass is 19.2. The maximum Gasteiger partial charge on any atom is 0.362 e. The van der Waals surface area contributed by atoms with E-state index in [4.69, 9.17) is 5.11 Å². The van der Waals surface area contributed by atoms with Crippen molar-refractivity contribution >= 4 is 11.7 Å². The third kappa shape index (κ3) is 2.14. The van der Waals surface area contributed by atoms with Gasteiger partial charge in [-0.25, -0.2) is 9.18 Å². The van der Waals surface area contributed by atoms with Crippen LogP contribution in [0.3, 0.4) is 0 Å². The number of para-hydroxylation sites is 1. The average Bonchev–Trinajstić information content (AvgIpc) is 2.17. The first-order chi connectivity index (χ1) is 6.13. The molecule has 0 bridgehead atoms. The van der Waals surface area contributed by atoms with Crippen molar-refractivity contribution in [3.05, 3.63) is 30.3 Å². The highest BCUT2D eigenvalue weighted by Crippen LogP contribution is 2.17. The molecular formula is C8H7F2NO2. The Morgan fingerprint density at radius 1 is 1.38 bits per heavy atom. The number of alkyl halides is 1. The number of hydrogen-bond donors (Lipinski definition) is 1. The van der Waals surface area contributed by atoms with Crippen LogP contribution in [0.5, 0.6) is 0 Å². The van der Waals surface area contributed by atoms with Crippen molar-refractivity contribution in [1.29, 1.82) is 0 Å². The summed E-state index contributed by atoms with van der Waals surface area (Å²) in [5.74, 6) is -1.86. The van der Waals surface area contributed by atoms with Crippen LogP contribution in [-0.4, -0.2) is 17.4 Å². The quantitative estimate of drug-likeness (QED) is 0.579. The number of carboxylic acids is 1. The number of aliphatic carboxylic acids is 1. The van der Waals surface area contributed by atoms with Gasteiger partial charge in [-0.2, -0.15) is 5.12 Å².